The monoisotopic (exact) mass is 309 g/mol. The van der Waals surface area contributed by atoms with Gasteiger partial charge in [0.2, 0.25) is 0 Å². The lowest BCUT2D eigenvalue weighted by molar-refractivity contribution is 0.604. The van der Waals surface area contributed by atoms with Gasteiger partial charge in [0.1, 0.15) is 0 Å². The molecule has 1 aromatic heterocycles. The van der Waals surface area contributed by atoms with E-state index in [2.05, 4.69) is 65.5 Å². The Balaban J connectivity index is 2.47. The average Bonchev–Trinajstić information content (AvgIpc) is 2.43. The van der Waals surface area contributed by atoms with Gasteiger partial charge in [-0.2, -0.15) is 0 Å². The Labute approximate surface area is 135 Å². The molecule has 0 saturated heterocycles. The molecule has 1 aliphatic rings. The molecular weight excluding hydrogens is 282 g/mol. The van der Waals surface area contributed by atoms with Gasteiger partial charge in [-0.3, -0.25) is 4.98 Å². The molecule has 0 spiro atoms. The van der Waals surface area contributed by atoms with Gasteiger partial charge >= 0.3 is 0 Å². The van der Waals surface area contributed by atoms with E-state index in [1.807, 2.05) is 6.20 Å². The van der Waals surface area contributed by atoms with Crippen LogP contribution in [-0.4, -0.2) is 13.1 Å². The first-order valence-electron chi connectivity index (χ1n) is 8.32. The summed E-state index contributed by atoms with van der Waals surface area (Å²) in [6.45, 7) is 16.6. The highest BCUT2D eigenvalue weighted by atomic mass is 28.3. The lowest BCUT2D eigenvalue weighted by atomic mass is 9.69. The number of hydrogen-bond acceptors (Lipinski definition) is 1. The van der Waals surface area contributed by atoms with Crippen molar-refractivity contribution in [2.45, 2.75) is 59.2 Å². The van der Waals surface area contributed by atoms with Gasteiger partial charge < -0.3 is 0 Å². The summed E-state index contributed by atoms with van der Waals surface area (Å²) in [5, 5.41) is 4.29. The molecule has 1 nitrogen and oxygen atoms in total. The molecule has 116 valence electrons. The Kier molecular flexibility index (Phi) is 3.37. The molecule has 0 unspecified atom stereocenters. The van der Waals surface area contributed by atoms with Crippen LogP contribution in [0.5, 0.6) is 0 Å². The van der Waals surface area contributed by atoms with E-state index >= 15 is 0 Å². The molecule has 1 aromatic carbocycles. The van der Waals surface area contributed by atoms with Crippen LogP contribution in [0.25, 0.3) is 16.3 Å². The van der Waals surface area contributed by atoms with Crippen LogP contribution in [0.2, 0.25) is 19.6 Å². The van der Waals surface area contributed by atoms with Crippen molar-refractivity contribution in [3.63, 3.8) is 0 Å². The van der Waals surface area contributed by atoms with Gasteiger partial charge in [0, 0.05) is 17.0 Å². The average molecular weight is 310 g/mol. The van der Waals surface area contributed by atoms with Crippen LogP contribution < -0.4 is 5.19 Å². The number of pyridine rings is 1. The zero-order chi connectivity index (χ0) is 16.3. The van der Waals surface area contributed by atoms with Crippen LogP contribution >= 0.6 is 0 Å². The molecule has 3 rings (SSSR count). The zero-order valence-electron chi connectivity index (χ0n) is 15.0. The van der Waals surface area contributed by atoms with Crippen molar-refractivity contribution >= 4 is 29.6 Å². The fraction of sp³-hybridized carbons (Fsp3) is 0.450. The largest absolute Gasteiger partial charge is 0.256 e. The summed E-state index contributed by atoms with van der Waals surface area (Å²) in [7, 11) is -1.34. The summed E-state index contributed by atoms with van der Waals surface area (Å²) >= 11 is 0. The fourth-order valence-electron chi connectivity index (χ4n) is 4.01. The predicted octanol–water partition coefficient (Wildman–Crippen LogP) is 5.25. The molecule has 2 heteroatoms. The van der Waals surface area contributed by atoms with Crippen molar-refractivity contribution in [2.75, 3.05) is 0 Å². The van der Waals surface area contributed by atoms with Gasteiger partial charge in [-0.25, -0.2) is 0 Å². The number of allylic oxidation sites excluding steroid dienone is 2. The van der Waals surface area contributed by atoms with E-state index in [9.17, 15) is 0 Å². The second-order valence-electron chi connectivity index (χ2n) is 8.11. The van der Waals surface area contributed by atoms with Crippen molar-refractivity contribution in [1.29, 1.82) is 0 Å². The molecule has 22 heavy (non-hydrogen) atoms. The summed E-state index contributed by atoms with van der Waals surface area (Å²) in [4.78, 5) is 4.73. The third kappa shape index (κ3) is 2.08. The van der Waals surface area contributed by atoms with E-state index < -0.39 is 8.07 Å². The highest BCUT2D eigenvalue weighted by molar-refractivity contribution is 6.88. The summed E-state index contributed by atoms with van der Waals surface area (Å²) in [6.07, 6.45) is 3.07. The molecule has 0 aliphatic heterocycles. The van der Waals surface area contributed by atoms with Crippen LogP contribution in [0.1, 0.15) is 45.4 Å². The highest BCUT2D eigenvalue weighted by Gasteiger charge is 2.35. The van der Waals surface area contributed by atoms with Crippen LogP contribution in [-0.2, 0) is 5.41 Å². The molecule has 0 atom stereocenters. The normalized spacial score (nSPS) is 17.2. The smallest absolute Gasteiger partial charge is 0.0776 e. The van der Waals surface area contributed by atoms with Gasteiger partial charge in [0.05, 0.1) is 13.8 Å². The Morgan fingerprint density at radius 3 is 2.41 bits per heavy atom. The van der Waals surface area contributed by atoms with E-state index in [0.717, 1.165) is 6.42 Å². The Morgan fingerprint density at radius 2 is 1.82 bits per heavy atom. The van der Waals surface area contributed by atoms with Crippen molar-refractivity contribution in [1.82, 2.24) is 4.98 Å². The lowest BCUT2D eigenvalue weighted by Gasteiger charge is -2.37. The summed E-state index contributed by atoms with van der Waals surface area (Å²) in [6, 6.07) is 7.09. The van der Waals surface area contributed by atoms with Crippen molar-refractivity contribution in [3.05, 3.63) is 41.2 Å². The molecule has 1 heterocycles. The summed E-state index contributed by atoms with van der Waals surface area (Å²) in [5.41, 5.74) is 5.70. The maximum absolute atomic E-state index is 4.73. The molecule has 0 amide bonds. The first kappa shape index (κ1) is 15.5. The first-order chi connectivity index (χ1) is 10.2. The quantitative estimate of drug-likeness (QED) is 0.690. The van der Waals surface area contributed by atoms with Gasteiger partial charge in [0.25, 0.3) is 0 Å². The maximum atomic E-state index is 4.73. The van der Waals surface area contributed by atoms with E-state index in [1.54, 1.807) is 5.19 Å². The SMILES string of the molecule is CCC1=C(C)c2nccc3cc([Si](C)(C)C)cc(c23)C1(C)C. The van der Waals surface area contributed by atoms with E-state index in [-0.39, 0.29) is 5.41 Å². The molecule has 2 aromatic rings. The third-order valence-electron chi connectivity index (χ3n) is 5.32. The van der Waals surface area contributed by atoms with E-state index in [1.165, 1.54) is 33.2 Å². The second kappa shape index (κ2) is 4.79. The molecule has 0 N–H and O–H groups in total. The number of rotatable bonds is 2. The second-order valence-corrected chi connectivity index (χ2v) is 13.2. The minimum Gasteiger partial charge on any atom is -0.256 e. The zero-order valence-corrected chi connectivity index (χ0v) is 16.0. The van der Waals surface area contributed by atoms with Gasteiger partial charge in [0.15, 0.2) is 0 Å². The minimum absolute atomic E-state index is 0.1000. The van der Waals surface area contributed by atoms with E-state index in [4.69, 9.17) is 4.98 Å². The lowest BCUT2D eigenvalue weighted by Crippen LogP contribution is -2.39. The molecular formula is C20H27NSi. The molecule has 0 fully saturated rings. The third-order valence-corrected chi connectivity index (χ3v) is 7.34. The van der Waals surface area contributed by atoms with Gasteiger partial charge in [-0.05, 0) is 35.9 Å². The number of hydrogen-bond donors (Lipinski definition) is 0. The van der Waals surface area contributed by atoms with Crippen LogP contribution in [0.15, 0.2) is 30.0 Å². The Bertz CT molecular complexity index is 791. The van der Waals surface area contributed by atoms with Crippen LogP contribution in [0, 0.1) is 0 Å². The standard InChI is InChI=1S/C20H27NSi/c1-8-16-13(2)19-18-14(9-10-21-19)11-15(22(5,6)7)12-17(18)20(16,3)4/h9-12H,8H2,1-7H3. The maximum Gasteiger partial charge on any atom is 0.0776 e. The Hall–Kier alpha value is -1.41. The Morgan fingerprint density at radius 1 is 1.14 bits per heavy atom. The minimum atomic E-state index is -1.34. The summed E-state index contributed by atoms with van der Waals surface area (Å²) in [5.74, 6) is 0. The van der Waals surface area contributed by atoms with Crippen molar-refractivity contribution in [3.8, 4) is 0 Å². The number of aromatic nitrogens is 1. The summed E-state index contributed by atoms with van der Waals surface area (Å²) < 4.78 is 0. The first-order valence-corrected chi connectivity index (χ1v) is 11.8. The van der Waals surface area contributed by atoms with Crippen molar-refractivity contribution in [2.24, 2.45) is 0 Å². The highest BCUT2D eigenvalue weighted by Crippen LogP contribution is 2.46. The van der Waals surface area contributed by atoms with Crippen LogP contribution in [0.3, 0.4) is 0 Å². The fourth-order valence-corrected chi connectivity index (χ4v) is 5.17. The molecule has 0 bridgehead atoms. The molecule has 0 radical (unpaired) electrons. The van der Waals surface area contributed by atoms with Gasteiger partial charge in [-0.15, -0.1) is 0 Å². The number of benzene rings is 1. The topological polar surface area (TPSA) is 12.9 Å². The number of nitrogens with zero attached hydrogens (tertiary/aromatic N) is 1. The molecule has 0 saturated carbocycles. The van der Waals surface area contributed by atoms with Crippen LogP contribution in [0.4, 0.5) is 0 Å². The van der Waals surface area contributed by atoms with Crippen molar-refractivity contribution < 1.29 is 0 Å². The van der Waals surface area contributed by atoms with E-state index in [0.29, 0.717) is 0 Å². The predicted molar refractivity (Wildman–Crippen MR) is 101 cm³/mol. The van der Waals surface area contributed by atoms with Gasteiger partial charge in [-0.1, -0.05) is 63.3 Å². The molecule has 1 aliphatic carbocycles.